The molecule has 174 valence electrons. The van der Waals surface area contributed by atoms with Crippen LogP contribution in [0.25, 0.3) is 0 Å². The Morgan fingerprint density at radius 1 is 1.22 bits per heavy atom. The summed E-state index contributed by atoms with van der Waals surface area (Å²) in [7, 11) is 0. The van der Waals surface area contributed by atoms with Crippen LogP contribution in [-0.2, 0) is 4.79 Å². The molecule has 0 bridgehead atoms. The van der Waals surface area contributed by atoms with Crippen molar-refractivity contribution in [3.05, 3.63) is 34.9 Å². The van der Waals surface area contributed by atoms with E-state index >= 15 is 0 Å². The van der Waals surface area contributed by atoms with Crippen molar-refractivity contribution in [2.24, 2.45) is 11.8 Å². The molecule has 0 radical (unpaired) electrons. The number of carbonyl (C=O) groups is 2. The lowest BCUT2D eigenvalue weighted by Crippen LogP contribution is -2.73. The van der Waals surface area contributed by atoms with Gasteiger partial charge in [-0.05, 0) is 37.8 Å². The molecule has 3 rings (SSSR count). The summed E-state index contributed by atoms with van der Waals surface area (Å²) in [6.45, 7) is 0.941. The van der Waals surface area contributed by atoms with Gasteiger partial charge in [0.2, 0.25) is 5.91 Å². The first-order valence-electron chi connectivity index (χ1n) is 10.3. The van der Waals surface area contributed by atoms with Crippen LogP contribution in [0.2, 0.25) is 5.02 Å². The monoisotopic (exact) mass is 472 g/mol. The molecule has 3 N–H and O–H groups in total. The molecule has 2 fully saturated rings. The maximum atomic E-state index is 13.6. The number of aliphatic hydroxyl groups is 2. The Hall–Kier alpha value is -2.28. The van der Waals surface area contributed by atoms with E-state index in [1.54, 1.807) is 24.3 Å². The third-order valence-corrected chi connectivity index (χ3v) is 6.20. The molecule has 0 unspecified atom stereocenters. The van der Waals surface area contributed by atoms with Crippen LogP contribution < -0.4 is 5.32 Å². The first-order valence-corrected chi connectivity index (χ1v) is 10.7. The topological polar surface area (TPSA) is 89.9 Å². The van der Waals surface area contributed by atoms with Crippen molar-refractivity contribution < 1.29 is 33.0 Å². The standard InChI is InChI=1S/C22H24ClF3N2O4/c1-21(31,32)18-15(12-11-13-7-5-6-10-16(13)23)19(29)28(18)20(30)27-17(22(24,25)26)14-8-3-2-4-9-14/h5-7,10,14-15,17-18,31-32H,2-4,8-9H2,1H3,(H,27,30)/t15-,17+,18+/m1/s1. The summed E-state index contributed by atoms with van der Waals surface area (Å²) >= 11 is 6.02. The zero-order valence-electron chi connectivity index (χ0n) is 17.3. The van der Waals surface area contributed by atoms with E-state index in [4.69, 9.17) is 11.6 Å². The number of amides is 3. The van der Waals surface area contributed by atoms with Gasteiger partial charge in [-0.15, -0.1) is 0 Å². The normalized spacial score (nSPS) is 23.1. The second-order valence-electron chi connectivity index (χ2n) is 8.34. The Morgan fingerprint density at radius 2 is 1.84 bits per heavy atom. The average Bonchev–Trinajstić information content (AvgIpc) is 2.70. The number of nitrogens with zero attached hydrogens (tertiary/aromatic N) is 1. The third-order valence-electron chi connectivity index (χ3n) is 5.87. The molecular weight excluding hydrogens is 449 g/mol. The molecule has 0 aromatic heterocycles. The van der Waals surface area contributed by atoms with Gasteiger partial charge in [-0.1, -0.05) is 54.8 Å². The summed E-state index contributed by atoms with van der Waals surface area (Å²) in [6.07, 6.45) is -1.99. The number of alkyl halides is 3. The number of urea groups is 1. The second-order valence-corrected chi connectivity index (χ2v) is 8.75. The van der Waals surface area contributed by atoms with Gasteiger partial charge in [-0.25, -0.2) is 4.79 Å². The Balaban J connectivity index is 1.81. The van der Waals surface area contributed by atoms with E-state index in [0.29, 0.717) is 41.2 Å². The zero-order valence-corrected chi connectivity index (χ0v) is 18.1. The predicted molar refractivity (Wildman–Crippen MR) is 110 cm³/mol. The van der Waals surface area contributed by atoms with E-state index in [1.807, 2.05) is 5.32 Å². The van der Waals surface area contributed by atoms with Crippen molar-refractivity contribution in [3.63, 3.8) is 0 Å². The zero-order chi connectivity index (χ0) is 23.7. The first kappa shape index (κ1) is 24.4. The van der Waals surface area contributed by atoms with Gasteiger partial charge in [0, 0.05) is 5.56 Å². The van der Waals surface area contributed by atoms with Crippen LogP contribution in [-0.4, -0.2) is 51.1 Å². The molecule has 1 aliphatic carbocycles. The number of nitrogens with one attached hydrogen (secondary N) is 1. The van der Waals surface area contributed by atoms with Gasteiger partial charge in [-0.3, -0.25) is 9.69 Å². The highest BCUT2D eigenvalue weighted by molar-refractivity contribution is 6.31. The van der Waals surface area contributed by atoms with Crippen LogP contribution in [0, 0.1) is 23.7 Å². The van der Waals surface area contributed by atoms with E-state index < -0.39 is 47.8 Å². The lowest BCUT2D eigenvalue weighted by molar-refractivity contribution is -0.220. The minimum atomic E-state index is -4.70. The average molecular weight is 473 g/mol. The fraction of sp³-hybridized carbons (Fsp3) is 0.545. The fourth-order valence-electron chi connectivity index (χ4n) is 4.27. The van der Waals surface area contributed by atoms with Crippen LogP contribution in [0.4, 0.5) is 18.0 Å². The number of β-lactam (4-membered cyclic amide) rings is 1. The van der Waals surface area contributed by atoms with E-state index in [0.717, 1.165) is 13.3 Å². The maximum absolute atomic E-state index is 13.6. The molecule has 1 aliphatic heterocycles. The SMILES string of the molecule is CC(O)(O)[C@@H]1[C@@H](C#Cc2ccccc2Cl)C(=O)N1C(=O)N[C@@H](C1CCCCC1)C(F)(F)F. The Labute approximate surface area is 188 Å². The van der Waals surface area contributed by atoms with Gasteiger partial charge < -0.3 is 15.5 Å². The largest absolute Gasteiger partial charge is 0.408 e. The quantitative estimate of drug-likeness (QED) is 0.357. The number of likely N-dealkylation sites (tertiary alicyclic amines) is 1. The van der Waals surface area contributed by atoms with Gasteiger partial charge in [0.15, 0.2) is 5.79 Å². The number of carbonyl (C=O) groups excluding carboxylic acids is 2. The molecule has 6 nitrogen and oxygen atoms in total. The van der Waals surface area contributed by atoms with Gasteiger partial charge in [0.1, 0.15) is 18.0 Å². The summed E-state index contributed by atoms with van der Waals surface area (Å²) < 4.78 is 40.9. The van der Waals surface area contributed by atoms with Crippen LogP contribution >= 0.6 is 11.6 Å². The minimum Gasteiger partial charge on any atom is -0.364 e. The van der Waals surface area contributed by atoms with Crippen molar-refractivity contribution in [1.82, 2.24) is 10.2 Å². The van der Waals surface area contributed by atoms with Crippen LogP contribution in [0.5, 0.6) is 0 Å². The van der Waals surface area contributed by atoms with Gasteiger partial charge in [0.05, 0.1) is 5.02 Å². The predicted octanol–water partition coefficient (Wildman–Crippen LogP) is 3.44. The Bertz CT molecular complexity index is 930. The number of benzene rings is 1. The number of hydrogen-bond donors (Lipinski definition) is 3. The Kier molecular flexibility index (Phi) is 7.08. The highest BCUT2D eigenvalue weighted by Crippen LogP contribution is 2.37. The minimum absolute atomic E-state index is 0.311. The van der Waals surface area contributed by atoms with Gasteiger partial charge in [0.25, 0.3) is 0 Å². The van der Waals surface area contributed by atoms with Crippen LogP contribution in [0.3, 0.4) is 0 Å². The molecule has 32 heavy (non-hydrogen) atoms. The molecule has 1 heterocycles. The fourth-order valence-corrected chi connectivity index (χ4v) is 4.45. The molecule has 1 saturated carbocycles. The lowest BCUT2D eigenvalue weighted by atomic mass is 9.82. The third kappa shape index (κ3) is 5.20. The molecule has 3 amide bonds. The van der Waals surface area contributed by atoms with E-state index in [9.17, 15) is 33.0 Å². The highest BCUT2D eigenvalue weighted by atomic mass is 35.5. The molecule has 10 heteroatoms. The first-order chi connectivity index (χ1) is 14.9. The van der Waals surface area contributed by atoms with E-state index in [1.165, 1.54) is 0 Å². The van der Waals surface area contributed by atoms with Crippen LogP contribution in [0.1, 0.15) is 44.6 Å². The molecule has 1 saturated heterocycles. The number of imide groups is 1. The van der Waals surface area contributed by atoms with Crippen molar-refractivity contribution in [1.29, 1.82) is 0 Å². The van der Waals surface area contributed by atoms with E-state index in [-0.39, 0.29) is 0 Å². The lowest BCUT2D eigenvalue weighted by Gasteiger charge is -2.48. The summed E-state index contributed by atoms with van der Waals surface area (Å²) in [6, 6.07) is 1.53. The molecule has 2 aliphatic rings. The van der Waals surface area contributed by atoms with Crippen molar-refractivity contribution in [2.45, 2.75) is 63.1 Å². The number of halogens is 4. The summed E-state index contributed by atoms with van der Waals surface area (Å²) in [4.78, 5) is 25.7. The van der Waals surface area contributed by atoms with E-state index in [2.05, 4.69) is 11.8 Å². The van der Waals surface area contributed by atoms with Crippen molar-refractivity contribution in [3.8, 4) is 11.8 Å². The summed E-state index contributed by atoms with van der Waals surface area (Å²) in [5.74, 6) is -0.344. The summed E-state index contributed by atoms with van der Waals surface area (Å²) in [5, 5.41) is 22.4. The molecule has 1 aromatic rings. The van der Waals surface area contributed by atoms with Crippen molar-refractivity contribution in [2.75, 3.05) is 0 Å². The van der Waals surface area contributed by atoms with Crippen LogP contribution in [0.15, 0.2) is 24.3 Å². The molecule has 1 aromatic carbocycles. The maximum Gasteiger partial charge on any atom is 0.408 e. The van der Waals surface area contributed by atoms with Crippen molar-refractivity contribution >= 4 is 23.5 Å². The number of rotatable bonds is 3. The highest BCUT2D eigenvalue weighted by Gasteiger charge is 2.59. The second kappa shape index (κ2) is 9.30. The molecular formula is C22H24ClF3N2O4. The van der Waals surface area contributed by atoms with Gasteiger partial charge in [-0.2, -0.15) is 13.2 Å². The Morgan fingerprint density at radius 3 is 2.41 bits per heavy atom. The smallest absolute Gasteiger partial charge is 0.364 e. The molecule has 3 atom stereocenters. The number of hydrogen-bond acceptors (Lipinski definition) is 4. The van der Waals surface area contributed by atoms with Gasteiger partial charge >= 0.3 is 12.2 Å². The molecule has 0 spiro atoms. The summed E-state index contributed by atoms with van der Waals surface area (Å²) in [5.41, 5.74) is 0.385.